The SMILES string of the molecule is CCOC(=O)C1=C(C)N=c2s/c(=C\c3ccc(C(=O)O)cc3)c(=O)n2[C@H]1c1ccc(Cl)cc1. The fourth-order valence-electron chi connectivity index (χ4n) is 3.63. The molecular weight excluding hydrogens is 464 g/mol. The second kappa shape index (κ2) is 9.17. The Bertz CT molecular complexity index is 1450. The first kappa shape index (κ1) is 22.7. The first-order valence-corrected chi connectivity index (χ1v) is 11.3. The van der Waals surface area contributed by atoms with Gasteiger partial charge in [-0.25, -0.2) is 14.6 Å². The highest BCUT2D eigenvalue weighted by molar-refractivity contribution is 7.07. The molecule has 1 aliphatic rings. The molecular formula is C24H19ClN2O5S. The van der Waals surface area contributed by atoms with Crippen molar-refractivity contribution in [1.82, 2.24) is 4.57 Å². The highest BCUT2D eigenvalue weighted by atomic mass is 35.5. The number of halogens is 1. The summed E-state index contributed by atoms with van der Waals surface area (Å²) >= 11 is 7.25. The van der Waals surface area contributed by atoms with E-state index in [1.165, 1.54) is 28.0 Å². The van der Waals surface area contributed by atoms with Gasteiger partial charge < -0.3 is 9.84 Å². The van der Waals surface area contributed by atoms with Gasteiger partial charge in [-0.05, 0) is 55.3 Å². The fourth-order valence-corrected chi connectivity index (χ4v) is 4.80. The third kappa shape index (κ3) is 4.40. The molecule has 2 aromatic carbocycles. The number of esters is 1. The zero-order chi connectivity index (χ0) is 23.7. The lowest BCUT2D eigenvalue weighted by Gasteiger charge is -2.24. The van der Waals surface area contributed by atoms with Gasteiger partial charge in [0, 0.05) is 5.02 Å². The Hall–Kier alpha value is -3.49. The van der Waals surface area contributed by atoms with E-state index in [0.29, 0.717) is 36.8 Å². The Labute approximate surface area is 197 Å². The number of thiazole rings is 1. The van der Waals surface area contributed by atoms with Gasteiger partial charge in [0.2, 0.25) is 0 Å². The number of benzene rings is 2. The van der Waals surface area contributed by atoms with Crippen molar-refractivity contribution in [3.05, 3.63) is 101 Å². The number of carboxylic acid groups (broad SMARTS) is 1. The molecule has 0 saturated heterocycles. The van der Waals surface area contributed by atoms with Gasteiger partial charge in [0.05, 0.1) is 34.0 Å². The van der Waals surface area contributed by atoms with Crippen molar-refractivity contribution in [2.24, 2.45) is 4.99 Å². The zero-order valence-electron chi connectivity index (χ0n) is 17.7. The van der Waals surface area contributed by atoms with Crippen molar-refractivity contribution in [2.45, 2.75) is 19.9 Å². The molecule has 0 aliphatic carbocycles. The monoisotopic (exact) mass is 482 g/mol. The van der Waals surface area contributed by atoms with Gasteiger partial charge in [0.15, 0.2) is 4.80 Å². The van der Waals surface area contributed by atoms with Gasteiger partial charge in [-0.1, -0.05) is 47.2 Å². The van der Waals surface area contributed by atoms with Crippen LogP contribution >= 0.6 is 22.9 Å². The molecule has 1 atom stereocenters. The summed E-state index contributed by atoms with van der Waals surface area (Å²) in [7, 11) is 0. The van der Waals surface area contributed by atoms with E-state index in [1.54, 1.807) is 56.3 Å². The Morgan fingerprint density at radius 2 is 1.85 bits per heavy atom. The van der Waals surface area contributed by atoms with Gasteiger partial charge in [-0.2, -0.15) is 0 Å². The maximum Gasteiger partial charge on any atom is 0.338 e. The Morgan fingerprint density at radius 1 is 1.18 bits per heavy atom. The highest BCUT2D eigenvalue weighted by Gasteiger charge is 2.33. The minimum Gasteiger partial charge on any atom is -0.478 e. The summed E-state index contributed by atoms with van der Waals surface area (Å²) < 4.78 is 7.17. The minimum atomic E-state index is -1.02. The lowest BCUT2D eigenvalue weighted by atomic mass is 9.96. The van der Waals surface area contributed by atoms with Crippen LogP contribution in [0.1, 0.15) is 41.4 Å². The van der Waals surface area contributed by atoms with Gasteiger partial charge in [0.25, 0.3) is 5.56 Å². The topological polar surface area (TPSA) is 98.0 Å². The van der Waals surface area contributed by atoms with Gasteiger partial charge >= 0.3 is 11.9 Å². The number of ether oxygens (including phenoxy) is 1. The molecule has 0 unspecified atom stereocenters. The third-order valence-electron chi connectivity index (χ3n) is 5.16. The lowest BCUT2D eigenvalue weighted by Crippen LogP contribution is -2.39. The van der Waals surface area contributed by atoms with E-state index in [1.807, 2.05) is 0 Å². The van der Waals surface area contributed by atoms with E-state index >= 15 is 0 Å². The van der Waals surface area contributed by atoms with Crippen molar-refractivity contribution in [3.63, 3.8) is 0 Å². The van der Waals surface area contributed by atoms with Crippen molar-refractivity contribution in [2.75, 3.05) is 6.61 Å². The quantitative estimate of drug-likeness (QED) is 0.563. The second-order valence-corrected chi connectivity index (χ2v) is 8.73. The summed E-state index contributed by atoms with van der Waals surface area (Å²) in [5.74, 6) is -1.55. The van der Waals surface area contributed by atoms with Crippen LogP contribution in [0.3, 0.4) is 0 Å². The molecule has 7 nitrogen and oxygen atoms in total. The average Bonchev–Trinajstić information content (AvgIpc) is 3.08. The van der Waals surface area contributed by atoms with Crippen LogP contribution in [0.5, 0.6) is 0 Å². The summed E-state index contributed by atoms with van der Waals surface area (Å²) in [5, 5.41) is 9.62. The molecule has 0 amide bonds. The van der Waals surface area contributed by atoms with E-state index in [2.05, 4.69) is 4.99 Å². The Morgan fingerprint density at radius 3 is 2.45 bits per heavy atom. The Balaban J connectivity index is 1.90. The number of rotatable bonds is 5. The second-order valence-electron chi connectivity index (χ2n) is 7.28. The number of carbonyl (C=O) groups excluding carboxylic acids is 1. The molecule has 4 rings (SSSR count). The average molecular weight is 483 g/mol. The molecule has 168 valence electrons. The van der Waals surface area contributed by atoms with Crippen LogP contribution in [0.2, 0.25) is 5.02 Å². The molecule has 0 saturated carbocycles. The largest absolute Gasteiger partial charge is 0.478 e. The van der Waals surface area contributed by atoms with E-state index < -0.39 is 18.0 Å². The maximum absolute atomic E-state index is 13.5. The van der Waals surface area contributed by atoms with Gasteiger partial charge in [-0.3, -0.25) is 9.36 Å². The van der Waals surface area contributed by atoms with E-state index in [-0.39, 0.29) is 17.7 Å². The molecule has 33 heavy (non-hydrogen) atoms. The van der Waals surface area contributed by atoms with Crippen LogP contribution < -0.4 is 14.9 Å². The van der Waals surface area contributed by atoms with Crippen molar-refractivity contribution < 1.29 is 19.4 Å². The van der Waals surface area contributed by atoms with E-state index in [0.717, 1.165) is 0 Å². The zero-order valence-corrected chi connectivity index (χ0v) is 19.3. The molecule has 0 fully saturated rings. The number of hydrogen-bond acceptors (Lipinski definition) is 6. The predicted molar refractivity (Wildman–Crippen MR) is 125 cm³/mol. The first-order valence-electron chi connectivity index (χ1n) is 10.1. The van der Waals surface area contributed by atoms with Crippen LogP contribution in [0, 0.1) is 0 Å². The molecule has 1 N–H and O–H groups in total. The normalized spacial score (nSPS) is 15.7. The van der Waals surface area contributed by atoms with Gasteiger partial charge in [-0.15, -0.1) is 0 Å². The standard InChI is InChI=1S/C24H19ClN2O5S/c1-3-32-23(31)19-13(2)26-24-27(20(19)15-8-10-17(25)11-9-15)21(28)18(33-24)12-14-4-6-16(7-5-14)22(29)30/h4-12,20H,3H2,1-2H3,(H,29,30)/b18-12-/t20-/m0/s1. The summed E-state index contributed by atoms with van der Waals surface area (Å²) in [6.07, 6.45) is 1.68. The molecule has 9 heteroatoms. The van der Waals surface area contributed by atoms with Crippen LogP contribution in [0.15, 0.2) is 69.6 Å². The van der Waals surface area contributed by atoms with Crippen LogP contribution in [-0.2, 0) is 9.53 Å². The fraction of sp³-hybridized carbons (Fsp3) is 0.167. The van der Waals surface area contributed by atoms with Crippen molar-refractivity contribution >= 4 is 41.0 Å². The summed E-state index contributed by atoms with van der Waals surface area (Å²) in [4.78, 5) is 42.4. The molecule has 3 aromatic rings. The molecule has 0 bridgehead atoms. The van der Waals surface area contributed by atoms with E-state index in [9.17, 15) is 14.4 Å². The summed E-state index contributed by atoms with van der Waals surface area (Å²) in [5.41, 5.74) is 2.00. The smallest absolute Gasteiger partial charge is 0.338 e. The van der Waals surface area contributed by atoms with Gasteiger partial charge in [0.1, 0.15) is 0 Å². The number of aromatic carboxylic acids is 1. The number of carboxylic acids is 1. The Kier molecular flexibility index (Phi) is 6.31. The van der Waals surface area contributed by atoms with E-state index in [4.69, 9.17) is 21.4 Å². The van der Waals surface area contributed by atoms with Crippen LogP contribution in [0.4, 0.5) is 0 Å². The first-order chi connectivity index (χ1) is 15.8. The molecule has 0 spiro atoms. The van der Waals surface area contributed by atoms with Crippen molar-refractivity contribution in [1.29, 1.82) is 0 Å². The minimum absolute atomic E-state index is 0.158. The van der Waals surface area contributed by atoms with Crippen LogP contribution in [-0.4, -0.2) is 28.2 Å². The highest BCUT2D eigenvalue weighted by Crippen LogP contribution is 2.31. The van der Waals surface area contributed by atoms with Crippen molar-refractivity contribution in [3.8, 4) is 0 Å². The summed E-state index contributed by atoms with van der Waals surface area (Å²) in [6.45, 7) is 3.63. The number of allylic oxidation sites excluding steroid dienone is 1. The molecule has 1 aliphatic heterocycles. The number of carbonyl (C=O) groups is 2. The number of nitrogens with zero attached hydrogens (tertiary/aromatic N) is 2. The maximum atomic E-state index is 13.5. The molecule has 0 radical (unpaired) electrons. The predicted octanol–water partition coefficient (Wildman–Crippen LogP) is 3.15. The third-order valence-corrected chi connectivity index (χ3v) is 6.39. The number of aromatic nitrogens is 1. The molecule has 1 aromatic heterocycles. The number of fused-ring (bicyclic) bond motifs is 1. The summed E-state index contributed by atoms with van der Waals surface area (Å²) in [6, 6.07) is 12.5. The number of hydrogen-bond donors (Lipinski definition) is 1. The van der Waals surface area contributed by atoms with Crippen LogP contribution in [0.25, 0.3) is 6.08 Å². The molecule has 2 heterocycles. The lowest BCUT2D eigenvalue weighted by molar-refractivity contribution is -0.139.